The first-order chi connectivity index (χ1) is 51.0. The zero-order valence-electron chi connectivity index (χ0n) is 95.1. The Morgan fingerprint density at radius 3 is 0.223 bits per heavy atom. The first kappa shape index (κ1) is 135. The van der Waals surface area contributed by atoms with Crippen molar-refractivity contribution >= 4 is 118 Å². The minimum absolute atomic E-state index is 0.493. The fourth-order valence-electron chi connectivity index (χ4n) is 20.7. The van der Waals surface area contributed by atoms with Crippen LogP contribution >= 0.6 is 88.9 Å². The molecule has 0 atom stereocenters. The van der Waals surface area contributed by atoms with Crippen molar-refractivity contribution in [1.82, 2.24) is 0 Å². The molecule has 0 aliphatic heterocycles. The topological polar surface area (TPSA) is 111 Å². The van der Waals surface area contributed by atoms with Gasteiger partial charge in [0.1, 0.15) is 0 Å². The molecule has 0 rings (SSSR count). The predicted molar refractivity (Wildman–Crippen MR) is 614 cm³/mol. The Bertz CT molecular complexity index is 2400. The molecule has 0 N–H and O–H groups in total. The molecule has 12 nitrogen and oxygen atoms in total. The van der Waals surface area contributed by atoms with E-state index in [0.717, 1.165) is 80.1 Å². The number of halogens is 1. The molecule has 0 saturated carbocycles. The van der Waals surface area contributed by atoms with Crippen LogP contribution in [0.3, 0.4) is 0 Å². The van der Waals surface area contributed by atoms with Crippen molar-refractivity contribution in [2.75, 3.05) is 340 Å². The van der Waals surface area contributed by atoms with Crippen molar-refractivity contribution in [3.05, 3.63) is 0 Å². The van der Waals surface area contributed by atoms with E-state index >= 15 is 0 Å². The molecule has 0 saturated heterocycles. The molecule has 0 radical (unpaired) electrons. The molecule has 0 aliphatic carbocycles. The van der Waals surface area contributed by atoms with Crippen molar-refractivity contribution in [2.45, 2.75) is 180 Å². The minimum atomic E-state index is -2.67. The fourth-order valence-corrected chi connectivity index (χ4v) is 63.6. The molecule has 0 spiro atoms. The summed E-state index contributed by atoms with van der Waals surface area (Å²) < 4.78 is 95.7. The summed E-state index contributed by atoms with van der Waals surface area (Å²) in [5, 5.41) is 0. The van der Waals surface area contributed by atoms with Gasteiger partial charge in [-0.3, -0.25) is 0 Å². The summed E-state index contributed by atoms with van der Waals surface area (Å²) in [4.78, 5) is 0. The normalized spacial score (nSPS) is 18.4. The Hall–Kier alpha value is 5.30. The Balaban J connectivity index is -0.000000477. The second-order valence-corrected chi connectivity index (χ2v) is 146. The zero-order chi connectivity index (χ0) is 99.3. The molecule has 0 aromatic rings. The monoisotopic (exact) mass is 1990 g/mol. The van der Waals surface area contributed by atoms with Crippen LogP contribution in [0.15, 0.2) is 0 Å². The standard InChI is InChI=1S/4C21H54BO3P3.C7H18FP/c4*1-19(2)16-26(7,8,9)23-22(24-27(10,11,12)17-20(3)4)25-28(13,14,15)18-21(5)6;1-7(2)6-9(3,4,5)8/h4*19-21H,16-18H2,1-15H3;7H,6H2,1-5H3. The van der Waals surface area contributed by atoms with Crippen LogP contribution in [0.5, 0.6) is 0 Å². The fraction of sp³-hybridized carbons (Fsp3) is 1.00. The summed E-state index contributed by atoms with van der Waals surface area (Å²) in [5.74, 6) is 7.55. The Labute approximate surface area is 767 Å². The molecule has 0 fully saturated rings. The van der Waals surface area contributed by atoms with Crippen LogP contribution in [0, 0.1) is 76.9 Å². The summed E-state index contributed by atoms with van der Waals surface area (Å²) in [6.07, 6.45) is 13.6. The van der Waals surface area contributed by atoms with E-state index in [4.69, 9.17) is 53.3 Å². The first-order valence-corrected chi connectivity index (χ1v) is 94.9. The maximum absolute atomic E-state index is 13.5. The molecule has 0 unspecified atom stereocenters. The van der Waals surface area contributed by atoms with Crippen molar-refractivity contribution in [1.29, 1.82) is 0 Å². The van der Waals surface area contributed by atoms with Gasteiger partial charge in [0.05, 0.1) is 0 Å². The van der Waals surface area contributed by atoms with Gasteiger partial charge in [-0.2, -0.15) is 0 Å². The average Bonchev–Trinajstić information content (AvgIpc) is 0.776. The molecule has 121 heavy (non-hydrogen) atoms. The summed E-state index contributed by atoms with van der Waals surface area (Å²) in [6.45, 7) is 116. The molecule has 0 aliphatic rings. The summed E-state index contributed by atoms with van der Waals surface area (Å²) >= 11 is 0. The summed E-state index contributed by atoms with van der Waals surface area (Å²) in [7, 11) is -2.32. The van der Waals surface area contributed by atoms with Gasteiger partial charge in [0, 0.05) is 0 Å². The van der Waals surface area contributed by atoms with E-state index in [-0.39, 0.29) is 0 Å². The van der Waals surface area contributed by atoms with Crippen LogP contribution in [0.25, 0.3) is 0 Å². The third kappa shape index (κ3) is 79.0. The van der Waals surface area contributed by atoms with Gasteiger partial charge in [0.2, 0.25) is 0 Å². The van der Waals surface area contributed by atoms with Crippen molar-refractivity contribution < 1.29 is 57.5 Å². The molecule has 0 aromatic heterocycles. The molecule has 754 valence electrons. The van der Waals surface area contributed by atoms with E-state index < -0.39 is 118 Å². The third-order valence-electron chi connectivity index (χ3n) is 18.6. The molecule has 30 heteroatoms. The summed E-state index contributed by atoms with van der Waals surface area (Å²) in [5.41, 5.74) is 0. The van der Waals surface area contributed by atoms with Crippen LogP contribution < -0.4 is 0 Å². The predicted octanol–water partition coefficient (Wildman–Crippen LogP) is 31.2. The molecule has 0 aromatic carbocycles. The Morgan fingerprint density at radius 2 is 0.190 bits per heavy atom. The first-order valence-electron chi connectivity index (χ1n) is 47.1. The van der Waals surface area contributed by atoms with Crippen molar-refractivity contribution in [3.63, 3.8) is 0 Å². The van der Waals surface area contributed by atoms with Gasteiger partial charge in [-0.25, -0.2) is 0 Å². The summed E-state index contributed by atoms with van der Waals surface area (Å²) in [6, 6.07) is 0. The van der Waals surface area contributed by atoms with Crippen LogP contribution in [0.4, 0.5) is 4.20 Å². The van der Waals surface area contributed by atoms with E-state index in [1.54, 1.807) is 20.0 Å². The van der Waals surface area contributed by atoms with Crippen LogP contribution in [-0.4, -0.2) is 369 Å². The van der Waals surface area contributed by atoms with Crippen LogP contribution in [-0.2, 0) is 53.3 Å². The van der Waals surface area contributed by atoms with Gasteiger partial charge in [0.15, 0.2) is 0 Å². The van der Waals surface area contributed by atoms with E-state index in [2.05, 4.69) is 420 Å². The molecule has 0 bridgehead atoms. The van der Waals surface area contributed by atoms with E-state index in [1.807, 2.05) is 0 Å². The number of hydrogen-bond donors (Lipinski definition) is 0. The van der Waals surface area contributed by atoms with E-state index in [0.29, 0.717) is 76.9 Å². The van der Waals surface area contributed by atoms with Gasteiger partial charge in [-0.05, 0) is 0 Å². The molecular weight excluding hydrogens is 1750 g/mol. The van der Waals surface area contributed by atoms with Gasteiger partial charge in [-0.15, -0.1) is 0 Å². The average molecular weight is 1990 g/mol. The SMILES string of the molecule is CC(C)CP(C)(C)(C)F.CC(C)CP(C)(C)(C)OB(OP(C)(C)(C)CC(C)C)OP(C)(C)(C)CC(C)C.CC(C)CP(C)(C)(C)OB(OP(C)(C)(C)CC(C)C)OP(C)(C)(C)CC(C)C.CC(C)CP(C)(C)(C)OB(OP(C)(C)(C)CC(C)C)OP(C)(C)(C)CC(C)C.CC(C)CP(C)(C)(C)OB(OP(C)(C)(C)CC(C)C)OP(C)(C)(C)CC(C)C. The second kappa shape index (κ2) is 43.4. The molecule has 0 heterocycles. The van der Waals surface area contributed by atoms with Gasteiger partial charge < -0.3 is 0 Å². The Morgan fingerprint density at radius 1 is 0.132 bits per heavy atom. The van der Waals surface area contributed by atoms with Gasteiger partial charge >= 0.3 is 773 Å². The van der Waals surface area contributed by atoms with Crippen molar-refractivity contribution in [3.8, 4) is 0 Å². The Kier molecular flexibility index (Phi) is 48.3. The second-order valence-electron chi connectivity index (χ2n) is 61.4. The quantitative estimate of drug-likeness (QED) is 0.0427. The third-order valence-corrected chi connectivity index (χ3v) is 55.7. The maximum atomic E-state index is 13.5. The molecule has 0 amide bonds. The number of rotatable bonds is 50. The molecular formula is C91H234B4FO12P13. The van der Waals surface area contributed by atoms with E-state index in [9.17, 15) is 4.20 Å². The van der Waals surface area contributed by atoms with Gasteiger partial charge in [0.25, 0.3) is 0 Å². The zero-order valence-corrected chi connectivity index (χ0v) is 107. The number of hydrogen-bond acceptors (Lipinski definition) is 12. The van der Waals surface area contributed by atoms with Crippen LogP contribution in [0.2, 0.25) is 0 Å². The van der Waals surface area contributed by atoms with E-state index in [1.165, 1.54) is 0 Å². The van der Waals surface area contributed by atoms with Gasteiger partial charge in [-0.1, -0.05) is 0 Å². The van der Waals surface area contributed by atoms with Crippen molar-refractivity contribution in [2.24, 2.45) is 76.9 Å². The van der Waals surface area contributed by atoms with Crippen LogP contribution in [0.1, 0.15) is 180 Å².